The molecule has 0 radical (unpaired) electrons. The molecule has 1 fully saturated rings. The number of hydrogen-bond donors (Lipinski definition) is 2. The molecule has 0 saturated carbocycles. The van der Waals surface area contributed by atoms with Crippen molar-refractivity contribution in [2.45, 2.75) is 38.6 Å². The number of nitrogens with zero attached hydrogens (tertiary/aromatic N) is 1. The van der Waals surface area contributed by atoms with E-state index in [-0.39, 0.29) is 30.2 Å². The summed E-state index contributed by atoms with van der Waals surface area (Å²) in [6.07, 6.45) is 2.72. The van der Waals surface area contributed by atoms with E-state index in [4.69, 9.17) is 0 Å². The number of hydrogen-bond acceptors (Lipinski definition) is 4. The first-order valence-electron chi connectivity index (χ1n) is 9.48. The molecule has 1 aliphatic heterocycles. The molecule has 0 spiro atoms. The van der Waals surface area contributed by atoms with Crippen molar-refractivity contribution in [3.05, 3.63) is 52.2 Å². The maximum atomic E-state index is 12.4. The van der Waals surface area contributed by atoms with Crippen LogP contribution in [-0.2, 0) is 20.8 Å². The second-order valence-electron chi connectivity index (χ2n) is 6.98. The van der Waals surface area contributed by atoms with Crippen LogP contribution >= 0.6 is 11.3 Å². The first kappa shape index (κ1) is 20.1. The van der Waals surface area contributed by atoms with E-state index in [1.807, 2.05) is 46.7 Å². The van der Waals surface area contributed by atoms with Crippen molar-refractivity contribution in [3.8, 4) is 0 Å². The fraction of sp³-hybridized carbons (Fsp3) is 0.381. The first-order chi connectivity index (χ1) is 13.5. The van der Waals surface area contributed by atoms with Crippen LogP contribution in [-0.4, -0.2) is 35.7 Å². The van der Waals surface area contributed by atoms with Crippen LogP contribution in [0.1, 0.15) is 42.7 Å². The third-order valence-electron chi connectivity index (χ3n) is 4.71. The standard InChI is InChI=1S/C21H25N3O3S/c1-15(25)22-18(19-5-4-12-28-19)14-20(26)23-17-8-6-16(7-9-17)13-21(27)24-10-2-3-11-24/h4-9,12,18H,2-3,10-11,13-14H2,1H3,(H,22,25)(H,23,26)/t18-/m0/s1. The smallest absolute Gasteiger partial charge is 0.226 e. The Balaban J connectivity index is 1.54. The average molecular weight is 400 g/mol. The Morgan fingerprint density at radius 1 is 1.11 bits per heavy atom. The summed E-state index contributed by atoms with van der Waals surface area (Å²) < 4.78 is 0. The number of nitrogens with one attached hydrogen (secondary N) is 2. The summed E-state index contributed by atoms with van der Waals surface area (Å²) in [5, 5.41) is 7.61. The average Bonchev–Trinajstić information content (AvgIpc) is 3.36. The summed E-state index contributed by atoms with van der Waals surface area (Å²) in [5.74, 6) is -0.186. The zero-order valence-corrected chi connectivity index (χ0v) is 16.8. The van der Waals surface area contributed by atoms with Gasteiger partial charge in [0, 0.05) is 30.6 Å². The Labute approximate surface area is 168 Å². The zero-order chi connectivity index (χ0) is 19.9. The van der Waals surface area contributed by atoms with Crippen LogP contribution in [0.3, 0.4) is 0 Å². The van der Waals surface area contributed by atoms with Crippen LogP contribution in [0, 0.1) is 0 Å². The Hall–Kier alpha value is -2.67. The van der Waals surface area contributed by atoms with Gasteiger partial charge in [-0.2, -0.15) is 0 Å². The number of benzene rings is 1. The van der Waals surface area contributed by atoms with Gasteiger partial charge in [-0.15, -0.1) is 11.3 Å². The minimum absolute atomic E-state index is 0.156. The molecule has 1 atom stereocenters. The van der Waals surface area contributed by atoms with Crippen LogP contribution in [0.15, 0.2) is 41.8 Å². The van der Waals surface area contributed by atoms with Gasteiger partial charge in [-0.1, -0.05) is 18.2 Å². The van der Waals surface area contributed by atoms with Gasteiger partial charge in [-0.05, 0) is 42.0 Å². The number of amides is 3. The number of thiophene rings is 1. The maximum absolute atomic E-state index is 12.4. The molecule has 1 aromatic carbocycles. The monoisotopic (exact) mass is 399 g/mol. The summed E-state index contributed by atoms with van der Waals surface area (Å²) in [6, 6.07) is 10.8. The topological polar surface area (TPSA) is 78.5 Å². The van der Waals surface area contributed by atoms with Crippen molar-refractivity contribution < 1.29 is 14.4 Å². The molecule has 2 N–H and O–H groups in total. The Morgan fingerprint density at radius 2 is 1.82 bits per heavy atom. The molecule has 0 bridgehead atoms. The van der Waals surface area contributed by atoms with Gasteiger partial charge in [0.2, 0.25) is 17.7 Å². The van der Waals surface area contributed by atoms with Crippen molar-refractivity contribution in [1.29, 1.82) is 0 Å². The predicted molar refractivity (Wildman–Crippen MR) is 110 cm³/mol. The third kappa shape index (κ3) is 5.66. The fourth-order valence-corrected chi connectivity index (χ4v) is 4.09. The largest absolute Gasteiger partial charge is 0.348 e. The quantitative estimate of drug-likeness (QED) is 0.751. The normalized spacial score (nSPS) is 14.5. The van der Waals surface area contributed by atoms with Crippen molar-refractivity contribution >= 4 is 34.7 Å². The lowest BCUT2D eigenvalue weighted by Crippen LogP contribution is -2.29. The Kier molecular flexibility index (Phi) is 6.81. The molecular weight excluding hydrogens is 374 g/mol. The second-order valence-corrected chi connectivity index (χ2v) is 7.96. The molecule has 1 saturated heterocycles. The molecule has 3 rings (SSSR count). The summed E-state index contributed by atoms with van der Waals surface area (Å²) in [5.41, 5.74) is 1.61. The number of carbonyl (C=O) groups is 3. The Morgan fingerprint density at radius 3 is 2.43 bits per heavy atom. The fourth-order valence-electron chi connectivity index (χ4n) is 3.31. The van der Waals surface area contributed by atoms with E-state index in [9.17, 15) is 14.4 Å². The highest BCUT2D eigenvalue weighted by atomic mass is 32.1. The van der Waals surface area contributed by atoms with Crippen molar-refractivity contribution in [3.63, 3.8) is 0 Å². The lowest BCUT2D eigenvalue weighted by atomic mass is 10.1. The van der Waals surface area contributed by atoms with Crippen LogP contribution in [0.25, 0.3) is 0 Å². The summed E-state index contributed by atoms with van der Waals surface area (Å²) >= 11 is 1.51. The molecular formula is C21H25N3O3S. The molecule has 6 nitrogen and oxygen atoms in total. The number of rotatable bonds is 7. The molecule has 0 aliphatic carbocycles. The van der Waals surface area contributed by atoms with E-state index >= 15 is 0 Å². The maximum Gasteiger partial charge on any atom is 0.226 e. The van der Waals surface area contributed by atoms with Crippen LogP contribution < -0.4 is 10.6 Å². The van der Waals surface area contributed by atoms with Gasteiger partial charge in [0.15, 0.2) is 0 Å². The highest BCUT2D eigenvalue weighted by molar-refractivity contribution is 7.10. The number of carbonyl (C=O) groups excluding carboxylic acids is 3. The molecule has 1 aromatic heterocycles. The van der Waals surface area contributed by atoms with Crippen molar-refractivity contribution in [1.82, 2.24) is 10.2 Å². The van der Waals surface area contributed by atoms with Gasteiger partial charge < -0.3 is 15.5 Å². The van der Waals surface area contributed by atoms with Crippen LogP contribution in [0.5, 0.6) is 0 Å². The molecule has 2 heterocycles. The van der Waals surface area contributed by atoms with E-state index in [2.05, 4.69) is 10.6 Å². The van der Waals surface area contributed by atoms with Gasteiger partial charge in [-0.25, -0.2) is 0 Å². The van der Waals surface area contributed by atoms with Gasteiger partial charge in [0.1, 0.15) is 0 Å². The second kappa shape index (κ2) is 9.50. The lowest BCUT2D eigenvalue weighted by molar-refractivity contribution is -0.129. The molecule has 7 heteroatoms. The van der Waals surface area contributed by atoms with E-state index in [0.717, 1.165) is 36.4 Å². The summed E-state index contributed by atoms with van der Waals surface area (Å²) in [4.78, 5) is 38.9. The van der Waals surface area contributed by atoms with Crippen molar-refractivity contribution in [2.75, 3.05) is 18.4 Å². The minimum atomic E-state index is -0.338. The molecule has 2 aromatic rings. The molecule has 1 aliphatic rings. The highest BCUT2D eigenvalue weighted by Crippen LogP contribution is 2.23. The van der Waals surface area contributed by atoms with E-state index < -0.39 is 0 Å². The number of likely N-dealkylation sites (tertiary alicyclic amines) is 1. The van der Waals surface area contributed by atoms with Crippen molar-refractivity contribution in [2.24, 2.45) is 0 Å². The first-order valence-corrected chi connectivity index (χ1v) is 10.4. The predicted octanol–water partition coefficient (Wildman–Crippen LogP) is 3.12. The lowest BCUT2D eigenvalue weighted by Gasteiger charge is -2.17. The molecule has 0 unspecified atom stereocenters. The van der Waals surface area contributed by atoms with Gasteiger partial charge >= 0.3 is 0 Å². The number of anilines is 1. The molecule has 3 amide bonds. The van der Waals surface area contributed by atoms with Gasteiger partial charge in [0.05, 0.1) is 18.9 Å². The third-order valence-corrected chi connectivity index (χ3v) is 5.69. The summed E-state index contributed by atoms with van der Waals surface area (Å²) in [7, 11) is 0. The highest BCUT2D eigenvalue weighted by Gasteiger charge is 2.19. The van der Waals surface area contributed by atoms with Gasteiger partial charge in [-0.3, -0.25) is 14.4 Å². The van der Waals surface area contributed by atoms with Crippen LogP contribution in [0.4, 0.5) is 5.69 Å². The SMILES string of the molecule is CC(=O)N[C@@H](CC(=O)Nc1ccc(CC(=O)N2CCCC2)cc1)c1cccs1. The van der Waals surface area contributed by atoms with E-state index in [0.29, 0.717) is 12.1 Å². The van der Waals surface area contributed by atoms with Crippen LogP contribution in [0.2, 0.25) is 0 Å². The summed E-state index contributed by atoms with van der Waals surface area (Å²) in [6.45, 7) is 3.15. The van der Waals surface area contributed by atoms with E-state index in [1.54, 1.807) is 0 Å². The molecule has 28 heavy (non-hydrogen) atoms. The minimum Gasteiger partial charge on any atom is -0.348 e. The van der Waals surface area contributed by atoms with E-state index in [1.165, 1.54) is 18.3 Å². The molecule has 148 valence electrons. The zero-order valence-electron chi connectivity index (χ0n) is 15.9. The van der Waals surface area contributed by atoms with Gasteiger partial charge in [0.25, 0.3) is 0 Å². The Bertz CT molecular complexity index is 812.